The van der Waals surface area contributed by atoms with Gasteiger partial charge >= 0.3 is 0 Å². The first-order chi connectivity index (χ1) is 11.9. The highest BCUT2D eigenvalue weighted by atomic mass is 16.2. The minimum absolute atomic E-state index is 0.124. The Labute approximate surface area is 149 Å². The van der Waals surface area contributed by atoms with Gasteiger partial charge in [0.25, 0.3) is 5.91 Å². The maximum Gasteiger partial charge on any atom is 0.252 e. The number of hydrogen-bond donors (Lipinski definition) is 1. The van der Waals surface area contributed by atoms with Gasteiger partial charge in [-0.15, -0.1) is 0 Å². The van der Waals surface area contributed by atoms with Crippen molar-refractivity contribution in [1.82, 2.24) is 10.2 Å². The van der Waals surface area contributed by atoms with Gasteiger partial charge in [-0.2, -0.15) is 0 Å². The molecule has 0 aliphatic heterocycles. The molecule has 0 unspecified atom stereocenters. The van der Waals surface area contributed by atoms with E-state index in [-0.39, 0.29) is 11.8 Å². The summed E-state index contributed by atoms with van der Waals surface area (Å²) in [4.78, 5) is 28.6. The number of benzene rings is 2. The molecule has 0 spiro atoms. The Morgan fingerprint density at radius 3 is 2.24 bits per heavy atom. The van der Waals surface area contributed by atoms with Crippen LogP contribution >= 0.6 is 0 Å². The standard InChI is InChI=1S/C20H25N3O2/c1-22(2)17-12-8-11-16(14-17)19(24)21-18(20(25)23(3)4)13-15-9-6-5-7-10-15/h5-12,14,18H,13H2,1-4H3,(H,21,24)/t18-/m1/s1. The third kappa shape index (κ3) is 5.08. The molecule has 0 aliphatic rings. The van der Waals surface area contributed by atoms with Gasteiger partial charge in [-0.25, -0.2) is 0 Å². The van der Waals surface area contributed by atoms with Gasteiger partial charge in [-0.05, 0) is 23.8 Å². The van der Waals surface area contributed by atoms with Crippen LogP contribution in [0.2, 0.25) is 0 Å². The van der Waals surface area contributed by atoms with Crippen LogP contribution in [0.15, 0.2) is 54.6 Å². The molecule has 0 bridgehead atoms. The molecule has 2 aromatic carbocycles. The van der Waals surface area contributed by atoms with Crippen molar-refractivity contribution >= 4 is 17.5 Å². The fourth-order valence-corrected chi connectivity index (χ4v) is 2.53. The Kier molecular flexibility index (Phi) is 6.17. The third-order valence-electron chi connectivity index (χ3n) is 3.95. The monoisotopic (exact) mass is 339 g/mol. The maximum absolute atomic E-state index is 12.6. The number of nitrogens with one attached hydrogen (secondary N) is 1. The van der Waals surface area contributed by atoms with Crippen molar-refractivity contribution in [2.45, 2.75) is 12.5 Å². The molecule has 0 saturated heterocycles. The fraction of sp³-hybridized carbons (Fsp3) is 0.300. The van der Waals surface area contributed by atoms with Gasteiger partial charge in [-0.3, -0.25) is 9.59 Å². The first-order valence-corrected chi connectivity index (χ1v) is 8.22. The highest BCUT2D eigenvalue weighted by molar-refractivity contribution is 5.98. The minimum atomic E-state index is -0.604. The summed E-state index contributed by atoms with van der Waals surface area (Å²) in [5, 5.41) is 2.88. The van der Waals surface area contributed by atoms with Crippen molar-refractivity contribution in [3.63, 3.8) is 0 Å². The zero-order valence-electron chi connectivity index (χ0n) is 15.2. The SMILES string of the molecule is CN(C)C(=O)[C@@H](Cc1ccccc1)NC(=O)c1cccc(N(C)C)c1. The zero-order valence-corrected chi connectivity index (χ0v) is 15.2. The highest BCUT2D eigenvalue weighted by Crippen LogP contribution is 2.14. The van der Waals surface area contributed by atoms with Crippen LogP contribution in [-0.4, -0.2) is 50.9 Å². The van der Waals surface area contributed by atoms with Crippen molar-refractivity contribution in [2.75, 3.05) is 33.1 Å². The number of rotatable bonds is 6. The molecular weight excluding hydrogens is 314 g/mol. The predicted octanol–water partition coefficient (Wildman–Crippen LogP) is 2.18. The average molecular weight is 339 g/mol. The molecule has 0 aromatic heterocycles. The van der Waals surface area contributed by atoms with E-state index < -0.39 is 6.04 Å². The van der Waals surface area contributed by atoms with Gasteiger partial charge in [0, 0.05) is 45.9 Å². The number of anilines is 1. The first-order valence-electron chi connectivity index (χ1n) is 8.22. The lowest BCUT2D eigenvalue weighted by Crippen LogP contribution is -2.47. The van der Waals surface area contributed by atoms with Gasteiger partial charge in [0.2, 0.25) is 5.91 Å². The molecule has 5 heteroatoms. The van der Waals surface area contributed by atoms with E-state index >= 15 is 0 Å². The summed E-state index contributed by atoms with van der Waals surface area (Å²) in [6.07, 6.45) is 0.455. The summed E-state index contributed by atoms with van der Waals surface area (Å²) in [6.45, 7) is 0. The summed E-state index contributed by atoms with van der Waals surface area (Å²) in [5.41, 5.74) is 2.48. The lowest BCUT2D eigenvalue weighted by molar-refractivity contribution is -0.130. The summed E-state index contributed by atoms with van der Waals surface area (Å²) in [5.74, 6) is -0.374. The van der Waals surface area contributed by atoms with Crippen LogP contribution in [0.1, 0.15) is 15.9 Å². The lowest BCUT2D eigenvalue weighted by Gasteiger charge is -2.22. The Hall–Kier alpha value is -2.82. The van der Waals surface area contributed by atoms with Crippen LogP contribution in [0, 0.1) is 0 Å². The van der Waals surface area contributed by atoms with Crippen molar-refractivity contribution in [1.29, 1.82) is 0 Å². The molecule has 2 aromatic rings. The Balaban J connectivity index is 2.19. The van der Waals surface area contributed by atoms with Crippen LogP contribution < -0.4 is 10.2 Å². The van der Waals surface area contributed by atoms with E-state index in [4.69, 9.17) is 0 Å². The van der Waals surface area contributed by atoms with Crippen molar-refractivity contribution in [2.24, 2.45) is 0 Å². The van der Waals surface area contributed by atoms with E-state index in [1.807, 2.05) is 67.5 Å². The quantitative estimate of drug-likeness (QED) is 0.878. The minimum Gasteiger partial charge on any atom is -0.378 e. The normalized spacial score (nSPS) is 11.5. The topological polar surface area (TPSA) is 52.7 Å². The van der Waals surface area contributed by atoms with E-state index in [9.17, 15) is 9.59 Å². The molecule has 1 atom stereocenters. The molecule has 0 heterocycles. The maximum atomic E-state index is 12.6. The number of carbonyl (C=O) groups is 2. The van der Waals surface area contributed by atoms with Gasteiger partial charge < -0.3 is 15.1 Å². The molecule has 132 valence electrons. The summed E-state index contributed by atoms with van der Waals surface area (Å²) in [6, 6.07) is 16.4. The van der Waals surface area contributed by atoms with Crippen LogP contribution in [0.5, 0.6) is 0 Å². The summed E-state index contributed by atoms with van der Waals surface area (Å²) in [7, 11) is 7.23. The highest BCUT2D eigenvalue weighted by Gasteiger charge is 2.23. The number of carbonyl (C=O) groups excluding carboxylic acids is 2. The second-order valence-electron chi connectivity index (χ2n) is 6.39. The van der Waals surface area contributed by atoms with E-state index in [1.54, 1.807) is 20.2 Å². The predicted molar refractivity (Wildman–Crippen MR) is 101 cm³/mol. The number of likely N-dealkylation sites (N-methyl/N-ethyl adjacent to an activating group) is 1. The molecule has 1 N–H and O–H groups in total. The molecular formula is C20H25N3O2. The second-order valence-corrected chi connectivity index (χ2v) is 6.39. The van der Waals surface area contributed by atoms with Crippen LogP contribution in [0.4, 0.5) is 5.69 Å². The molecule has 2 rings (SSSR count). The van der Waals surface area contributed by atoms with E-state index in [1.165, 1.54) is 4.90 Å². The van der Waals surface area contributed by atoms with E-state index in [0.717, 1.165) is 11.3 Å². The first kappa shape index (κ1) is 18.5. The Bertz CT molecular complexity index is 727. The smallest absolute Gasteiger partial charge is 0.252 e. The van der Waals surface area contributed by atoms with Crippen molar-refractivity contribution in [3.8, 4) is 0 Å². The summed E-state index contributed by atoms with van der Waals surface area (Å²) >= 11 is 0. The molecule has 0 fully saturated rings. The number of hydrogen-bond acceptors (Lipinski definition) is 3. The van der Waals surface area contributed by atoms with Gasteiger partial charge in [0.15, 0.2) is 0 Å². The Morgan fingerprint density at radius 2 is 1.64 bits per heavy atom. The van der Waals surface area contributed by atoms with Gasteiger partial charge in [-0.1, -0.05) is 36.4 Å². The largest absolute Gasteiger partial charge is 0.378 e. The molecule has 5 nitrogen and oxygen atoms in total. The van der Waals surface area contributed by atoms with Gasteiger partial charge in [0.1, 0.15) is 6.04 Å². The molecule has 0 saturated carbocycles. The van der Waals surface area contributed by atoms with Gasteiger partial charge in [0.05, 0.1) is 0 Å². The van der Waals surface area contributed by atoms with Crippen LogP contribution in [0.25, 0.3) is 0 Å². The average Bonchev–Trinajstić information content (AvgIpc) is 2.61. The van der Waals surface area contributed by atoms with E-state index in [2.05, 4.69) is 5.32 Å². The lowest BCUT2D eigenvalue weighted by atomic mass is 10.0. The Morgan fingerprint density at radius 1 is 0.960 bits per heavy atom. The second kappa shape index (κ2) is 8.33. The number of amides is 2. The van der Waals surface area contributed by atoms with Crippen LogP contribution in [0.3, 0.4) is 0 Å². The van der Waals surface area contributed by atoms with Crippen molar-refractivity contribution in [3.05, 3.63) is 65.7 Å². The number of nitrogens with zero attached hydrogens (tertiary/aromatic N) is 2. The molecule has 2 amide bonds. The third-order valence-corrected chi connectivity index (χ3v) is 3.95. The zero-order chi connectivity index (χ0) is 18.4. The summed E-state index contributed by atoms with van der Waals surface area (Å²) < 4.78 is 0. The fourth-order valence-electron chi connectivity index (χ4n) is 2.53. The molecule has 0 aliphatic carbocycles. The molecule has 0 radical (unpaired) electrons. The molecule has 25 heavy (non-hydrogen) atoms. The van der Waals surface area contributed by atoms with E-state index in [0.29, 0.717) is 12.0 Å². The van der Waals surface area contributed by atoms with Crippen LogP contribution in [-0.2, 0) is 11.2 Å². The van der Waals surface area contributed by atoms with Crippen molar-refractivity contribution < 1.29 is 9.59 Å².